The number of hydrogen-bond donors (Lipinski definition) is 2. The Morgan fingerprint density at radius 2 is 1.48 bits per heavy atom. The largest absolute Gasteiger partial charge is 0.325 e. The molecule has 0 atom stereocenters. The fraction of sp³-hybridized carbons (Fsp3) is 0. The average molecular weight is 429 g/mol. The maximum atomic E-state index is 4.80. The van der Waals surface area contributed by atoms with Crippen molar-refractivity contribution in [1.82, 2.24) is 24.5 Å². The van der Waals surface area contributed by atoms with Gasteiger partial charge in [-0.2, -0.15) is 4.98 Å². The minimum Gasteiger partial charge on any atom is -0.325 e. The van der Waals surface area contributed by atoms with Crippen LogP contribution in [0.2, 0.25) is 0 Å². The van der Waals surface area contributed by atoms with Crippen molar-refractivity contribution in [1.29, 1.82) is 0 Å². The zero-order valence-electron chi connectivity index (χ0n) is 17.6. The molecule has 2 N–H and O–H groups in total. The predicted octanol–water partition coefficient (Wildman–Crippen LogP) is 5.85. The summed E-state index contributed by atoms with van der Waals surface area (Å²) in [6, 6.07) is 29.8. The lowest BCUT2D eigenvalue weighted by Gasteiger charge is -2.12. The minimum absolute atomic E-state index is 0.499. The summed E-state index contributed by atoms with van der Waals surface area (Å²) in [7, 11) is 0. The first-order chi connectivity index (χ1) is 16.3. The zero-order valence-corrected chi connectivity index (χ0v) is 17.6. The number of imidazole rings is 1. The van der Waals surface area contributed by atoms with E-state index in [1.807, 2.05) is 95.6 Å². The molecule has 0 spiro atoms. The molecule has 0 amide bonds. The Balaban J connectivity index is 1.40. The van der Waals surface area contributed by atoms with Crippen LogP contribution in [0, 0.1) is 0 Å². The van der Waals surface area contributed by atoms with Crippen LogP contribution in [0.25, 0.3) is 27.8 Å². The molecule has 0 saturated carbocycles. The quantitative estimate of drug-likeness (QED) is 0.358. The summed E-state index contributed by atoms with van der Waals surface area (Å²) in [6.45, 7) is 0. The monoisotopic (exact) mass is 429 g/mol. The van der Waals surface area contributed by atoms with E-state index in [-0.39, 0.29) is 0 Å². The zero-order chi connectivity index (χ0) is 22.0. The summed E-state index contributed by atoms with van der Waals surface area (Å²) in [5.41, 5.74) is 4.62. The summed E-state index contributed by atoms with van der Waals surface area (Å²) in [5, 5.41) is 7.77. The van der Waals surface area contributed by atoms with Crippen LogP contribution in [-0.2, 0) is 0 Å². The normalized spacial score (nSPS) is 11.0. The SMILES string of the molecule is c1ccc(Nc2nc3ccccc3n2-c2ccnc(Nc3ccc4ncccc4c3)n2)cc1. The molecule has 3 heterocycles. The number of anilines is 4. The van der Waals surface area contributed by atoms with Crippen LogP contribution in [0.15, 0.2) is 103 Å². The Kier molecular flexibility index (Phi) is 4.62. The maximum absolute atomic E-state index is 4.80. The van der Waals surface area contributed by atoms with Gasteiger partial charge in [0.1, 0.15) is 5.82 Å². The molecule has 0 bridgehead atoms. The molecular formula is C26H19N7. The van der Waals surface area contributed by atoms with Gasteiger partial charge in [-0.25, -0.2) is 9.97 Å². The van der Waals surface area contributed by atoms with Gasteiger partial charge in [0.2, 0.25) is 11.9 Å². The summed E-state index contributed by atoms with van der Waals surface area (Å²) < 4.78 is 2.00. The fourth-order valence-corrected chi connectivity index (χ4v) is 3.81. The molecule has 0 unspecified atom stereocenters. The second-order valence-electron chi connectivity index (χ2n) is 7.52. The number of fused-ring (bicyclic) bond motifs is 2. The minimum atomic E-state index is 0.499. The highest BCUT2D eigenvalue weighted by atomic mass is 15.3. The van der Waals surface area contributed by atoms with Crippen LogP contribution in [0.4, 0.5) is 23.3 Å². The molecule has 0 fully saturated rings. The van der Waals surface area contributed by atoms with Crippen molar-refractivity contribution in [2.45, 2.75) is 0 Å². The van der Waals surface area contributed by atoms with Gasteiger partial charge in [-0.15, -0.1) is 0 Å². The second-order valence-corrected chi connectivity index (χ2v) is 7.52. The molecule has 3 aromatic heterocycles. The molecule has 6 aromatic rings. The highest BCUT2D eigenvalue weighted by Gasteiger charge is 2.14. The Morgan fingerprint density at radius 3 is 2.42 bits per heavy atom. The van der Waals surface area contributed by atoms with Gasteiger partial charge in [0.05, 0.1) is 16.6 Å². The van der Waals surface area contributed by atoms with Crippen LogP contribution in [-0.4, -0.2) is 24.5 Å². The number of aromatic nitrogens is 5. The Bertz CT molecular complexity index is 1570. The van der Waals surface area contributed by atoms with E-state index >= 15 is 0 Å². The van der Waals surface area contributed by atoms with Gasteiger partial charge in [-0.05, 0) is 48.5 Å². The lowest BCUT2D eigenvalue weighted by atomic mass is 10.2. The molecule has 6 rings (SSSR count). The van der Waals surface area contributed by atoms with Gasteiger partial charge in [0.15, 0.2) is 0 Å². The first kappa shape index (κ1) is 18.9. The topological polar surface area (TPSA) is 80.5 Å². The lowest BCUT2D eigenvalue weighted by molar-refractivity contribution is 1.01. The molecule has 33 heavy (non-hydrogen) atoms. The third kappa shape index (κ3) is 3.72. The van der Waals surface area contributed by atoms with Gasteiger partial charge in [0, 0.05) is 35.2 Å². The molecule has 3 aromatic carbocycles. The first-order valence-electron chi connectivity index (χ1n) is 10.6. The van der Waals surface area contributed by atoms with E-state index in [9.17, 15) is 0 Å². The van der Waals surface area contributed by atoms with Crippen molar-refractivity contribution in [2.75, 3.05) is 10.6 Å². The van der Waals surface area contributed by atoms with Gasteiger partial charge in [-0.1, -0.05) is 36.4 Å². The van der Waals surface area contributed by atoms with Gasteiger partial charge in [-0.3, -0.25) is 9.55 Å². The number of nitrogens with one attached hydrogen (secondary N) is 2. The second kappa shape index (κ2) is 8.05. The van der Waals surface area contributed by atoms with Crippen molar-refractivity contribution in [3.05, 3.63) is 103 Å². The molecular weight excluding hydrogens is 410 g/mol. The van der Waals surface area contributed by atoms with E-state index in [0.717, 1.165) is 33.3 Å². The summed E-state index contributed by atoms with van der Waals surface area (Å²) >= 11 is 0. The maximum Gasteiger partial charge on any atom is 0.229 e. The summed E-state index contributed by atoms with van der Waals surface area (Å²) in [4.78, 5) is 18.4. The van der Waals surface area contributed by atoms with Crippen molar-refractivity contribution >= 4 is 45.2 Å². The lowest BCUT2D eigenvalue weighted by Crippen LogP contribution is -2.06. The van der Waals surface area contributed by atoms with Crippen molar-refractivity contribution in [3.63, 3.8) is 0 Å². The highest BCUT2D eigenvalue weighted by molar-refractivity contribution is 5.83. The number of para-hydroxylation sites is 3. The molecule has 0 aliphatic heterocycles. The van der Waals surface area contributed by atoms with E-state index in [4.69, 9.17) is 9.97 Å². The molecule has 0 aliphatic rings. The third-order valence-corrected chi connectivity index (χ3v) is 5.32. The molecule has 0 radical (unpaired) electrons. The van der Waals surface area contributed by atoms with Crippen LogP contribution < -0.4 is 10.6 Å². The smallest absolute Gasteiger partial charge is 0.229 e. The number of nitrogens with zero attached hydrogens (tertiary/aromatic N) is 5. The van der Waals surface area contributed by atoms with Gasteiger partial charge in [0.25, 0.3) is 0 Å². The fourth-order valence-electron chi connectivity index (χ4n) is 3.81. The van der Waals surface area contributed by atoms with E-state index in [2.05, 4.69) is 20.6 Å². The molecule has 158 valence electrons. The number of hydrogen-bond acceptors (Lipinski definition) is 6. The Labute approximate surface area is 189 Å². The number of rotatable bonds is 5. The van der Waals surface area contributed by atoms with Crippen LogP contribution in [0.3, 0.4) is 0 Å². The van der Waals surface area contributed by atoms with E-state index < -0.39 is 0 Å². The van der Waals surface area contributed by atoms with Crippen LogP contribution >= 0.6 is 0 Å². The van der Waals surface area contributed by atoms with E-state index in [1.165, 1.54) is 0 Å². The van der Waals surface area contributed by atoms with Crippen molar-refractivity contribution in [2.24, 2.45) is 0 Å². The third-order valence-electron chi connectivity index (χ3n) is 5.32. The number of pyridine rings is 1. The van der Waals surface area contributed by atoms with Crippen molar-refractivity contribution in [3.8, 4) is 5.82 Å². The summed E-state index contributed by atoms with van der Waals surface area (Å²) in [6.07, 6.45) is 3.53. The Hall–Kier alpha value is -4.78. The van der Waals surface area contributed by atoms with Gasteiger partial charge >= 0.3 is 0 Å². The average Bonchev–Trinajstić information content (AvgIpc) is 3.22. The van der Waals surface area contributed by atoms with Crippen molar-refractivity contribution < 1.29 is 0 Å². The number of benzene rings is 3. The predicted molar refractivity (Wildman–Crippen MR) is 131 cm³/mol. The first-order valence-corrected chi connectivity index (χ1v) is 10.6. The molecule has 7 nitrogen and oxygen atoms in total. The van der Waals surface area contributed by atoms with Crippen LogP contribution in [0.1, 0.15) is 0 Å². The van der Waals surface area contributed by atoms with Gasteiger partial charge < -0.3 is 10.6 Å². The molecule has 0 aliphatic carbocycles. The highest BCUT2D eigenvalue weighted by Crippen LogP contribution is 2.27. The molecule has 7 heteroatoms. The Morgan fingerprint density at radius 1 is 0.606 bits per heavy atom. The summed E-state index contributed by atoms with van der Waals surface area (Å²) in [5.74, 6) is 1.89. The molecule has 0 saturated heterocycles. The standard InChI is InChI=1S/C26H19N7/c1-2-8-19(9-3-1)30-26-31-22-10-4-5-11-23(22)33(26)24-14-16-28-25(32-24)29-20-12-13-21-18(17-20)7-6-15-27-21/h1-17H,(H,30,31)(H,28,29,32). The van der Waals surface area contributed by atoms with E-state index in [1.54, 1.807) is 12.4 Å². The van der Waals surface area contributed by atoms with E-state index in [0.29, 0.717) is 17.7 Å². The van der Waals surface area contributed by atoms with Crippen LogP contribution in [0.5, 0.6) is 0 Å².